The van der Waals surface area contributed by atoms with Gasteiger partial charge in [0.05, 0.1) is 17.6 Å². The number of rotatable bonds is 6. The number of amides is 2. The maximum atomic E-state index is 12.7. The Morgan fingerprint density at radius 1 is 0.939 bits per heavy atom. The summed E-state index contributed by atoms with van der Waals surface area (Å²) in [5, 5.41) is 5.84. The van der Waals surface area contributed by atoms with Gasteiger partial charge in [-0.15, -0.1) is 0 Å². The van der Waals surface area contributed by atoms with Crippen LogP contribution in [0.3, 0.4) is 0 Å². The highest BCUT2D eigenvalue weighted by Gasteiger charge is 2.15. The summed E-state index contributed by atoms with van der Waals surface area (Å²) < 4.78 is 12.7. The van der Waals surface area contributed by atoms with Crippen molar-refractivity contribution in [2.45, 2.75) is 61.3 Å². The van der Waals surface area contributed by atoms with Crippen LogP contribution in [0, 0.1) is 0 Å². The van der Waals surface area contributed by atoms with Crippen molar-refractivity contribution in [2.75, 3.05) is 10.6 Å². The molecule has 0 aliphatic carbocycles. The Morgan fingerprint density at radius 2 is 1.52 bits per heavy atom. The number of benzene rings is 2. The van der Waals surface area contributed by atoms with Gasteiger partial charge in [0.15, 0.2) is 0 Å². The van der Waals surface area contributed by atoms with Crippen LogP contribution in [0.2, 0.25) is 5.02 Å². The number of carbonyl (C=O) groups excluding carboxylic acids is 2. The minimum Gasteiger partial charge on any atom is -0.322 e. The molecule has 0 bridgehead atoms. The first-order valence-corrected chi connectivity index (χ1v) is 11.7. The molecule has 0 saturated carbocycles. The van der Waals surface area contributed by atoms with Crippen LogP contribution in [0.5, 0.6) is 0 Å². The molecular weight excluding hydrogens is 439 g/mol. The van der Waals surface area contributed by atoms with Gasteiger partial charge in [-0.1, -0.05) is 77.4 Å². The number of allylic oxidation sites excluding steroid dienone is 2. The summed E-state index contributed by atoms with van der Waals surface area (Å²) in [7, 11) is 0. The second-order valence-corrected chi connectivity index (χ2v) is 6.36. The Morgan fingerprint density at radius 3 is 1.97 bits per heavy atom. The Kier molecular flexibility index (Phi) is 20.5. The van der Waals surface area contributed by atoms with Gasteiger partial charge in [0.2, 0.25) is 0 Å². The molecule has 0 unspecified atom stereocenters. The molecule has 0 aliphatic heterocycles. The van der Waals surface area contributed by atoms with Crippen molar-refractivity contribution in [3.05, 3.63) is 83.2 Å². The van der Waals surface area contributed by atoms with E-state index < -0.39 is 11.8 Å². The molecule has 33 heavy (non-hydrogen) atoms. The summed E-state index contributed by atoms with van der Waals surface area (Å²) >= 11 is 5.81. The van der Waals surface area contributed by atoms with Crippen LogP contribution < -0.4 is 10.6 Å². The van der Waals surface area contributed by atoms with Crippen LogP contribution >= 0.6 is 11.6 Å². The Balaban J connectivity index is 0. The average molecular weight is 477 g/mol. The normalized spacial score (nSPS) is 9.91. The van der Waals surface area contributed by atoms with Crippen molar-refractivity contribution in [1.29, 1.82) is 0 Å². The Bertz CT molecular complexity index is 863. The minimum absolute atomic E-state index is 0.00270. The van der Waals surface area contributed by atoms with Gasteiger partial charge in [-0.25, -0.2) is 4.39 Å². The molecule has 0 saturated heterocycles. The summed E-state index contributed by atoms with van der Waals surface area (Å²) in [5.74, 6) is -0.970. The number of para-hydroxylation sites is 1. The van der Waals surface area contributed by atoms with Gasteiger partial charge >= 0.3 is 0 Å². The van der Waals surface area contributed by atoms with Crippen molar-refractivity contribution >= 4 is 34.8 Å². The van der Waals surface area contributed by atoms with Crippen LogP contribution in [0.25, 0.3) is 0 Å². The van der Waals surface area contributed by atoms with E-state index in [1.54, 1.807) is 55.5 Å². The first kappa shape index (κ1) is 32.3. The summed E-state index contributed by atoms with van der Waals surface area (Å²) in [6.45, 7) is 13.8. The predicted molar refractivity (Wildman–Crippen MR) is 142 cm³/mol. The molecule has 0 radical (unpaired) electrons. The van der Waals surface area contributed by atoms with E-state index in [0.717, 1.165) is 6.42 Å². The van der Waals surface area contributed by atoms with Crippen molar-refractivity contribution in [3.8, 4) is 0 Å². The molecule has 0 aliphatic rings. The third-order valence-electron chi connectivity index (χ3n) is 3.80. The number of nitrogens with one attached hydrogen (secondary N) is 2. The highest BCUT2D eigenvalue weighted by molar-refractivity contribution is 6.30. The Hall–Kier alpha value is -2.92. The molecule has 0 fully saturated rings. The molecule has 0 atom stereocenters. The smallest absolute Gasteiger partial charge is 0.257 e. The quantitative estimate of drug-likeness (QED) is 0.323. The lowest BCUT2D eigenvalue weighted by Crippen LogP contribution is -2.19. The molecule has 182 valence electrons. The van der Waals surface area contributed by atoms with Gasteiger partial charge in [-0.05, 0) is 56.2 Å². The van der Waals surface area contributed by atoms with E-state index in [1.165, 1.54) is 0 Å². The van der Waals surface area contributed by atoms with E-state index in [-0.39, 0.29) is 23.9 Å². The molecule has 2 rings (SSSR count). The molecular formula is C27H38ClFN2O2. The van der Waals surface area contributed by atoms with E-state index in [9.17, 15) is 14.0 Å². The van der Waals surface area contributed by atoms with Crippen LogP contribution in [-0.2, 0) is 4.79 Å². The zero-order chi connectivity index (χ0) is 25.6. The molecule has 2 amide bonds. The predicted octanol–water partition coefficient (Wildman–Crippen LogP) is 8.82. The maximum Gasteiger partial charge on any atom is 0.257 e. The number of halogens is 2. The molecule has 0 aromatic heterocycles. The van der Waals surface area contributed by atoms with Crippen molar-refractivity contribution in [1.82, 2.24) is 0 Å². The van der Waals surface area contributed by atoms with Gasteiger partial charge in [0, 0.05) is 16.3 Å². The third-order valence-corrected chi connectivity index (χ3v) is 4.05. The van der Waals surface area contributed by atoms with Gasteiger partial charge in [0.1, 0.15) is 0 Å². The number of hydrogen-bond donors (Lipinski definition) is 2. The van der Waals surface area contributed by atoms with Crippen molar-refractivity contribution in [2.24, 2.45) is 0 Å². The van der Waals surface area contributed by atoms with Crippen LogP contribution in [-0.4, -0.2) is 11.8 Å². The summed E-state index contributed by atoms with van der Waals surface area (Å²) in [6.07, 6.45) is 5.86. The largest absolute Gasteiger partial charge is 0.322 e. The average Bonchev–Trinajstić information content (AvgIpc) is 2.85. The zero-order valence-corrected chi connectivity index (χ0v) is 21.6. The van der Waals surface area contributed by atoms with E-state index in [1.807, 2.05) is 34.6 Å². The molecule has 0 spiro atoms. The summed E-state index contributed by atoms with van der Waals surface area (Å²) in [4.78, 5) is 24.4. The van der Waals surface area contributed by atoms with Gasteiger partial charge < -0.3 is 10.6 Å². The second-order valence-electron chi connectivity index (χ2n) is 5.93. The van der Waals surface area contributed by atoms with E-state index in [0.29, 0.717) is 16.4 Å². The first-order chi connectivity index (χ1) is 16.0. The summed E-state index contributed by atoms with van der Waals surface area (Å²) in [6, 6.07) is 13.2. The highest BCUT2D eigenvalue weighted by atomic mass is 35.5. The number of hydrogen-bond acceptors (Lipinski definition) is 2. The lowest BCUT2D eigenvalue weighted by atomic mass is 10.1. The lowest BCUT2D eigenvalue weighted by Gasteiger charge is -2.12. The SMILES string of the molecule is C/C=C\CC.CC.CC.CC/C(=C/F)C(=O)Nc1ccccc1C(=O)Nc1ccc(Cl)cc1. The number of anilines is 2. The van der Waals surface area contributed by atoms with Gasteiger partial charge in [0.25, 0.3) is 11.8 Å². The first-order valence-electron chi connectivity index (χ1n) is 11.3. The monoisotopic (exact) mass is 476 g/mol. The minimum atomic E-state index is -0.577. The highest BCUT2D eigenvalue weighted by Crippen LogP contribution is 2.20. The van der Waals surface area contributed by atoms with Crippen LogP contribution in [0.15, 0.2) is 72.6 Å². The van der Waals surface area contributed by atoms with E-state index in [2.05, 4.69) is 29.7 Å². The maximum absolute atomic E-state index is 12.7. The van der Waals surface area contributed by atoms with Crippen LogP contribution in [0.1, 0.15) is 71.7 Å². The van der Waals surface area contributed by atoms with Gasteiger partial charge in [-0.2, -0.15) is 0 Å². The fourth-order valence-corrected chi connectivity index (χ4v) is 2.37. The molecule has 2 N–H and O–H groups in total. The second kappa shape index (κ2) is 21.0. The molecule has 2 aromatic carbocycles. The standard InChI is InChI=1S/C18H16ClFN2O2.C5H10.2C2H6/c1-2-12(11-20)17(23)22-16-6-4-3-5-15(16)18(24)21-14-9-7-13(19)8-10-14;1-3-5-4-2;2*1-2/h3-11H,2H2,1H3,(H,21,24)(H,22,23);3,5H,4H2,1-2H3;2*1-2H3/b12-11-;5-3-;;. The number of carbonyl (C=O) groups is 2. The fourth-order valence-electron chi connectivity index (χ4n) is 2.25. The molecule has 6 heteroatoms. The third kappa shape index (κ3) is 13.3. The fraction of sp³-hybridized carbons (Fsp3) is 0.333. The van der Waals surface area contributed by atoms with Crippen LogP contribution in [0.4, 0.5) is 15.8 Å². The zero-order valence-electron chi connectivity index (χ0n) is 20.8. The topological polar surface area (TPSA) is 58.2 Å². The molecule has 0 heterocycles. The van der Waals surface area contributed by atoms with Gasteiger partial charge in [-0.3, -0.25) is 9.59 Å². The molecule has 4 nitrogen and oxygen atoms in total. The summed E-state index contributed by atoms with van der Waals surface area (Å²) in [5.41, 5.74) is 1.16. The Labute approximate surface area is 203 Å². The van der Waals surface area contributed by atoms with Crippen molar-refractivity contribution in [3.63, 3.8) is 0 Å². The lowest BCUT2D eigenvalue weighted by molar-refractivity contribution is -0.113. The molecule has 2 aromatic rings. The van der Waals surface area contributed by atoms with E-state index in [4.69, 9.17) is 11.6 Å². The van der Waals surface area contributed by atoms with Crippen molar-refractivity contribution < 1.29 is 14.0 Å². The van der Waals surface area contributed by atoms with E-state index >= 15 is 0 Å².